The van der Waals surface area contributed by atoms with Gasteiger partial charge in [-0.15, -0.1) is 0 Å². The lowest BCUT2D eigenvalue weighted by molar-refractivity contribution is 0.523. The first-order chi connectivity index (χ1) is 25.0. The summed E-state index contributed by atoms with van der Waals surface area (Å²) >= 11 is 0. The van der Waals surface area contributed by atoms with E-state index >= 15 is 0 Å². The van der Waals surface area contributed by atoms with E-state index in [0.29, 0.717) is 0 Å². The first-order valence-electron chi connectivity index (χ1n) is 17.8. The van der Waals surface area contributed by atoms with E-state index in [-0.39, 0.29) is 17.4 Å². The van der Waals surface area contributed by atoms with Gasteiger partial charge in [0, 0.05) is 33.1 Å². The SMILES string of the molecule is CC1(C)C2=C(C=CC(C3=NC(c4ccccc4)c4oc5ccccc5c4N3)C2)c2c(-c3cccc4c3oc3ccccc34)cc3ccccc3c21. The molecule has 4 heteroatoms. The number of hydrogen-bond acceptors (Lipinski definition) is 4. The quantitative estimate of drug-likeness (QED) is 0.206. The van der Waals surface area contributed by atoms with Crippen molar-refractivity contribution in [3.63, 3.8) is 0 Å². The molecule has 4 nitrogen and oxygen atoms in total. The highest BCUT2D eigenvalue weighted by Gasteiger charge is 2.43. The Morgan fingerprint density at radius 1 is 0.686 bits per heavy atom. The van der Waals surface area contributed by atoms with Crippen molar-refractivity contribution in [3.8, 4) is 11.1 Å². The Bertz CT molecular complexity index is 2850. The Balaban J connectivity index is 1.08. The molecule has 1 aliphatic heterocycles. The molecule has 3 heterocycles. The van der Waals surface area contributed by atoms with Crippen LogP contribution in [0.25, 0.3) is 60.4 Å². The standard InChI is InChI=1S/C47H34N2O2/c1-47(2)37-26-29(46-48-42(27-13-4-3-5-14-27)45-43(49-46)35-18-9-11-22-39(35)51-45)23-24-34(37)40-36(25-28-15-6-7-16-30(28)41(40)47)33-20-12-19-32-31-17-8-10-21-38(31)50-44(32)33/h3-25,29,42H,26H2,1-2H3,(H,48,49). The lowest BCUT2D eigenvalue weighted by atomic mass is 9.74. The monoisotopic (exact) mass is 658 g/mol. The molecule has 2 aliphatic carbocycles. The van der Waals surface area contributed by atoms with E-state index in [4.69, 9.17) is 13.8 Å². The van der Waals surface area contributed by atoms with Gasteiger partial charge in [-0.3, -0.25) is 4.99 Å². The van der Waals surface area contributed by atoms with Gasteiger partial charge in [0.2, 0.25) is 0 Å². The predicted molar refractivity (Wildman–Crippen MR) is 209 cm³/mol. The van der Waals surface area contributed by atoms with Crippen molar-refractivity contribution in [2.45, 2.75) is 31.7 Å². The van der Waals surface area contributed by atoms with Crippen molar-refractivity contribution in [1.82, 2.24) is 0 Å². The number of allylic oxidation sites excluding steroid dienone is 3. The fraction of sp³-hybridized carbons (Fsp3) is 0.128. The minimum Gasteiger partial charge on any atom is -0.456 e. The van der Waals surface area contributed by atoms with E-state index in [1.54, 1.807) is 0 Å². The molecule has 0 amide bonds. The van der Waals surface area contributed by atoms with E-state index in [1.165, 1.54) is 38.6 Å². The van der Waals surface area contributed by atoms with E-state index in [9.17, 15) is 0 Å². The van der Waals surface area contributed by atoms with Gasteiger partial charge >= 0.3 is 0 Å². The number of benzene rings is 6. The van der Waals surface area contributed by atoms with Crippen LogP contribution in [0.1, 0.15) is 48.8 Å². The molecule has 2 aromatic heterocycles. The van der Waals surface area contributed by atoms with Crippen molar-refractivity contribution in [2.75, 3.05) is 5.32 Å². The molecule has 0 saturated carbocycles. The summed E-state index contributed by atoms with van der Waals surface area (Å²) in [4.78, 5) is 5.42. The van der Waals surface area contributed by atoms with Crippen LogP contribution >= 0.6 is 0 Å². The molecular weight excluding hydrogens is 625 g/mol. The summed E-state index contributed by atoms with van der Waals surface area (Å²) in [5, 5.41) is 9.73. The Hall–Kier alpha value is -6.13. The summed E-state index contributed by atoms with van der Waals surface area (Å²) in [7, 11) is 0. The van der Waals surface area contributed by atoms with Gasteiger partial charge in [-0.2, -0.15) is 0 Å². The molecule has 2 atom stereocenters. The molecule has 51 heavy (non-hydrogen) atoms. The van der Waals surface area contributed by atoms with Crippen LogP contribution in [-0.4, -0.2) is 5.84 Å². The van der Waals surface area contributed by atoms with Gasteiger partial charge in [0.1, 0.15) is 28.6 Å². The zero-order valence-corrected chi connectivity index (χ0v) is 28.4. The number of rotatable bonds is 3. The van der Waals surface area contributed by atoms with Crippen molar-refractivity contribution >= 4 is 60.8 Å². The van der Waals surface area contributed by atoms with Gasteiger partial charge in [0.15, 0.2) is 5.76 Å². The largest absolute Gasteiger partial charge is 0.456 e. The Morgan fingerprint density at radius 3 is 2.24 bits per heavy atom. The minimum atomic E-state index is -0.220. The first-order valence-corrected chi connectivity index (χ1v) is 17.8. The molecule has 244 valence electrons. The Kier molecular flexibility index (Phi) is 5.87. The fourth-order valence-corrected chi connectivity index (χ4v) is 9.12. The van der Waals surface area contributed by atoms with Crippen LogP contribution in [0, 0.1) is 5.92 Å². The van der Waals surface area contributed by atoms with Crippen molar-refractivity contribution in [3.05, 3.63) is 168 Å². The number of hydrogen-bond donors (Lipinski definition) is 1. The predicted octanol–water partition coefficient (Wildman–Crippen LogP) is 12.4. The molecule has 1 N–H and O–H groups in total. The Labute approximate surface area is 295 Å². The van der Waals surface area contributed by atoms with Crippen LogP contribution in [-0.2, 0) is 5.41 Å². The maximum Gasteiger partial charge on any atom is 0.157 e. The third-order valence-corrected chi connectivity index (χ3v) is 11.5. The summed E-state index contributed by atoms with van der Waals surface area (Å²) < 4.78 is 13.1. The van der Waals surface area contributed by atoms with Crippen LogP contribution < -0.4 is 5.32 Å². The van der Waals surface area contributed by atoms with Gasteiger partial charge in [-0.1, -0.05) is 135 Å². The number of furan rings is 2. The first kappa shape index (κ1) is 28.7. The van der Waals surface area contributed by atoms with E-state index in [1.807, 2.05) is 18.2 Å². The van der Waals surface area contributed by atoms with Gasteiger partial charge in [-0.05, 0) is 69.3 Å². The zero-order valence-electron chi connectivity index (χ0n) is 28.4. The topological polar surface area (TPSA) is 50.7 Å². The fourth-order valence-electron chi connectivity index (χ4n) is 9.12. The Morgan fingerprint density at radius 2 is 1.39 bits per heavy atom. The summed E-state index contributed by atoms with van der Waals surface area (Å²) in [5.41, 5.74) is 12.5. The van der Waals surface area contributed by atoms with Crippen molar-refractivity contribution < 1.29 is 8.83 Å². The average Bonchev–Trinajstić information content (AvgIpc) is 3.82. The molecule has 0 spiro atoms. The molecular formula is C47H34N2O2. The normalized spacial score (nSPS) is 19.0. The van der Waals surface area contributed by atoms with Gasteiger partial charge in [-0.25, -0.2) is 0 Å². The van der Waals surface area contributed by atoms with Gasteiger partial charge in [0.05, 0.1) is 5.69 Å². The van der Waals surface area contributed by atoms with E-state index in [0.717, 1.165) is 67.7 Å². The number of amidine groups is 1. The smallest absolute Gasteiger partial charge is 0.157 e. The van der Waals surface area contributed by atoms with Crippen LogP contribution in [0.5, 0.6) is 0 Å². The molecule has 0 fully saturated rings. The molecule has 6 aromatic carbocycles. The number of para-hydroxylation sites is 3. The van der Waals surface area contributed by atoms with E-state index < -0.39 is 0 Å². The van der Waals surface area contributed by atoms with Crippen molar-refractivity contribution in [1.29, 1.82) is 0 Å². The van der Waals surface area contributed by atoms with Crippen LogP contribution in [0.3, 0.4) is 0 Å². The summed E-state index contributed by atoms with van der Waals surface area (Å²) in [6.07, 6.45) is 5.61. The van der Waals surface area contributed by atoms with Crippen molar-refractivity contribution in [2.24, 2.45) is 10.9 Å². The third kappa shape index (κ3) is 4.05. The molecule has 11 rings (SSSR count). The average molecular weight is 659 g/mol. The molecule has 0 bridgehead atoms. The minimum absolute atomic E-state index is 0.0823. The zero-order chi connectivity index (χ0) is 33.8. The highest BCUT2D eigenvalue weighted by molar-refractivity contribution is 6.14. The lowest BCUT2D eigenvalue weighted by Crippen LogP contribution is -2.30. The second-order valence-corrected chi connectivity index (χ2v) is 14.7. The van der Waals surface area contributed by atoms with E-state index in [2.05, 4.69) is 141 Å². The molecule has 0 radical (unpaired) electrons. The lowest BCUT2D eigenvalue weighted by Gasteiger charge is -2.32. The maximum atomic E-state index is 6.63. The summed E-state index contributed by atoms with van der Waals surface area (Å²) in [6, 6.07) is 44.8. The second-order valence-electron chi connectivity index (χ2n) is 14.7. The second kappa shape index (κ2) is 10.4. The number of nitrogens with one attached hydrogen (secondary N) is 1. The molecule has 8 aromatic rings. The maximum absolute atomic E-state index is 6.63. The molecule has 3 aliphatic rings. The summed E-state index contributed by atoms with van der Waals surface area (Å²) in [5.74, 6) is 1.93. The third-order valence-electron chi connectivity index (χ3n) is 11.5. The molecule has 2 unspecified atom stereocenters. The number of nitrogens with zero attached hydrogens (tertiary/aromatic N) is 1. The number of aliphatic imine (C=N–C) groups is 1. The highest BCUT2D eigenvalue weighted by Crippen LogP contribution is 2.57. The van der Waals surface area contributed by atoms with Gasteiger partial charge in [0.25, 0.3) is 0 Å². The molecule has 0 saturated heterocycles. The van der Waals surface area contributed by atoms with Crippen LogP contribution in [0.2, 0.25) is 0 Å². The highest BCUT2D eigenvalue weighted by atomic mass is 16.3. The van der Waals surface area contributed by atoms with Crippen LogP contribution in [0.4, 0.5) is 5.69 Å². The van der Waals surface area contributed by atoms with Gasteiger partial charge < -0.3 is 14.2 Å². The van der Waals surface area contributed by atoms with Crippen LogP contribution in [0.15, 0.2) is 159 Å². The number of anilines is 1. The summed E-state index contributed by atoms with van der Waals surface area (Å²) in [6.45, 7) is 4.82. The number of fused-ring (bicyclic) bond motifs is 10.